The van der Waals surface area contributed by atoms with E-state index in [1.807, 2.05) is 53.1 Å². The molecule has 0 saturated carbocycles. The van der Waals surface area contributed by atoms with E-state index in [2.05, 4.69) is 38.1 Å². The molecule has 0 radical (unpaired) electrons. The van der Waals surface area contributed by atoms with E-state index in [0.29, 0.717) is 31.2 Å². The van der Waals surface area contributed by atoms with Crippen molar-refractivity contribution >= 4 is 41.5 Å². The zero-order chi connectivity index (χ0) is 20.5. The molecular formula is C21H28IN7O. The quantitative estimate of drug-likeness (QED) is 0.184. The van der Waals surface area contributed by atoms with E-state index in [-0.39, 0.29) is 29.9 Å². The number of hydrogen-bond donors (Lipinski definition) is 3. The first-order chi connectivity index (χ1) is 14.2. The van der Waals surface area contributed by atoms with Crippen molar-refractivity contribution in [2.75, 3.05) is 13.6 Å². The van der Waals surface area contributed by atoms with E-state index >= 15 is 0 Å². The van der Waals surface area contributed by atoms with Gasteiger partial charge in [-0.1, -0.05) is 31.5 Å². The summed E-state index contributed by atoms with van der Waals surface area (Å²) in [5.74, 6) is 1.44. The highest BCUT2D eigenvalue weighted by molar-refractivity contribution is 14.0. The fourth-order valence-electron chi connectivity index (χ4n) is 2.84. The van der Waals surface area contributed by atoms with Gasteiger partial charge >= 0.3 is 0 Å². The summed E-state index contributed by atoms with van der Waals surface area (Å²) in [4.78, 5) is 16.3. The Balaban J connectivity index is 0.00000320. The highest BCUT2D eigenvalue weighted by atomic mass is 127. The van der Waals surface area contributed by atoms with Crippen molar-refractivity contribution in [3.05, 3.63) is 65.6 Å². The molecule has 0 aliphatic heterocycles. The number of aromatic nitrogens is 3. The number of rotatable bonds is 8. The van der Waals surface area contributed by atoms with Crippen LogP contribution in [-0.4, -0.2) is 40.1 Å². The first-order valence-electron chi connectivity index (χ1n) is 9.81. The van der Waals surface area contributed by atoms with Gasteiger partial charge < -0.3 is 16.0 Å². The van der Waals surface area contributed by atoms with Gasteiger partial charge in [0.1, 0.15) is 0 Å². The molecule has 0 spiro atoms. The molecule has 1 aromatic carbocycles. The van der Waals surface area contributed by atoms with Crippen LogP contribution in [0.3, 0.4) is 0 Å². The summed E-state index contributed by atoms with van der Waals surface area (Å²) in [5.41, 5.74) is 2.54. The molecule has 0 aliphatic rings. The van der Waals surface area contributed by atoms with Crippen LogP contribution in [0.4, 0.5) is 0 Å². The molecule has 0 bridgehead atoms. The number of hydrogen-bond acceptors (Lipinski definition) is 4. The van der Waals surface area contributed by atoms with Gasteiger partial charge in [-0.25, -0.2) is 0 Å². The van der Waals surface area contributed by atoms with Gasteiger partial charge in [-0.2, -0.15) is 0 Å². The predicted molar refractivity (Wildman–Crippen MR) is 129 cm³/mol. The maximum atomic E-state index is 12.1. The van der Waals surface area contributed by atoms with E-state index in [9.17, 15) is 4.79 Å². The minimum absolute atomic E-state index is 0. The standard InChI is InChI=1S/C21H27N7O.HI/c1-3-4-12-23-20(29)17-10-8-16(9-11-17)14-24-21(22-2)25-15-19-27-26-18-7-5-6-13-28(18)19;/h5-11,13H,3-4,12,14-15H2,1-2H3,(H,23,29)(H2,22,24,25);1H. The summed E-state index contributed by atoms with van der Waals surface area (Å²) in [5, 5.41) is 17.8. The predicted octanol–water partition coefficient (Wildman–Crippen LogP) is 2.74. The summed E-state index contributed by atoms with van der Waals surface area (Å²) in [6.07, 6.45) is 3.99. The molecule has 2 aromatic heterocycles. The molecule has 3 aromatic rings. The Morgan fingerprint density at radius 1 is 1.03 bits per heavy atom. The van der Waals surface area contributed by atoms with E-state index in [1.165, 1.54) is 0 Å². The highest BCUT2D eigenvalue weighted by Gasteiger charge is 2.07. The molecular weight excluding hydrogens is 493 g/mol. The number of carbonyl (C=O) groups is 1. The lowest BCUT2D eigenvalue weighted by atomic mass is 10.1. The number of unbranched alkanes of at least 4 members (excludes halogenated alkanes) is 1. The van der Waals surface area contributed by atoms with Crippen molar-refractivity contribution in [2.45, 2.75) is 32.9 Å². The van der Waals surface area contributed by atoms with E-state index in [4.69, 9.17) is 0 Å². The van der Waals surface area contributed by atoms with Crippen molar-refractivity contribution in [1.82, 2.24) is 30.5 Å². The van der Waals surface area contributed by atoms with Crippen LogP contribution in [-0.2, 0) is 13.1 Å². The van der Waals surface area contributed by atoms with Crippen molar-refractivity contribution in [1.29, 1.82) is 0 Å². The Kier molecular flexibility index (Phi) is 9.52. The van der Waals surface area contributed by atoms with Gasteiger partial charge in [0.25, 0.3) is 5.91 Å². The van der Waals surface area contributed by atoms with Crippen molar-refractivity contribution in [2.24, 2.45) is 4.99 Å². The maximum absolute atomic E-state index is 12.1. The van der Waals surface area contributed by atoms with Crippen LogP contribution < -0.4 is 16.0 Å². The third-order valence-electron chi connectivity index (χ3n) is 4.51. The van der Waals surface area contributed by atoms with E-state index in [0.717, 1.165) is 29.9 Å². The van der Waals surface area contributed by atoms with E-state index in [1.54, 1.807) is 7.05 Å². The Morgan fingerprint density at radius 3 is 2.53 bits per heavy atom. The van der Waals surface area contributed by atoms with Gasteiger partial charge in [0, 0.05) is 31.9 Å². The largest absolute Gasteiger partial charge is 0.352 e. The first-order valence-corrected chi connectivity index (χ1v) is 9.81. The van der Waals surface area contributed by atoms with Crippen LogP contribution >= 0.6 is 24.0 Å². The number of aliphatic imine (C=N–C) groups is 1. The highest BCUT2D eigenvalue weighted by Crippen LogP contribution is 2.05. The zero-order valence-corrected chi connectivity index (χ0v) is 19.6. The Labute approximate surface area is 193 Å². The SMILES string of the molecule is CCCCNC(=O)c1ccc(CNC(=NC)NCc2nnc3ccccn23)cc1.I. The molecule has 2 heterocycles. The molecule has 0 atom stereocenters. The van der Waals surface area contributed by atoms with Crippen molar-refractivity contribution in [3.63, 3.8) is 0 Å². The van der Waals surface area contributed by atoms with Crippen LogP contribution in [0.15, 0.2) is 53.7 Å². The molecule has 0 aliphatic carbocycles. The molecule has 9 heteroatoms. The van der Waals surface area contributed by atoms with Gasteiger partial charge in [-0.3, -0.25) is 14.2 Å². The lowest BCUT2D eigenvalue weighted by Gasteiger charge is -2.12. The average Bonchev–Trinajstić information content (AvgIpc) is 3.17. The summed E-state index contributed by atoms with van der Waals surface area (Å²) in [7, 11) is 1.72. The van der Waals surface area contributed by atoms with Crippen LogP contribution in [0.5, 0.6) is 0 Å². The van der Waals surface area contributed by atoms with Gasteiger partial charge in [0.2, 0.25) is 0 Å². The van der Waals surface area contributed by atoms with Gasteiger partial charge in [-0.15, -0.1) is 34.2 Å². The number of halogens is 1. The fourth-order valence-corrected chi connectivity index (χ4v) is 2.84. The molecule has 30 heavy (non-hydrogen) atoms. The molecule has 0 saturated heterocycles. The lowest BCUT2D eigenvalue weighted by molar-refractivity contribution is 0.0953. The van der Waals surface area contributed by atoms with Crippen molar-refractivity contribution < 1.29 is 4.79 Å². The topological polar surface area (TPSA) is 95.7 Å². The molecule has 0 unspecified atom stereocenters. The number of pyridine rings is 1. The molecule has 1 amide bonds. The van der Waals surface area contributed by atoms with Crippen molar-refractivity contribution in [3.8, 4) is 0 Å². The molecule has 3 N–H and O–H groups in total. The fraction of sp³-hybridized carbons (Fsp3) is 0.333. The van der Waals surface area contributed by atoms with Crippen LogP contribution in [0.1, 0.15) is 41.5 Å². The normalized spacial score (nSPS) is 11.1. The molecule has 160 valence electrons. The molecule has 3 rings (SSSR count). The minimum Gasteiger partial charge on any atom is -0.352 e. The molecule has 8 nitrogen and oxygen atoms in total. The Morgan fingerprint density at radius 2 is 1.80 bits per heavy atom. The second-order valence-electron chi connectivity index (χ2n) is 6.63. The lowest BCUT2D eigenvalue weighted by Crippen LogP contribution is -2.36. The van der Waals surface area contributed by atoms with Crippen LogP contribution in [0.2, 0.25) is 0 Å². The minimum atomic E-state index is -0.0315. The maximum Gasteiger partial charge on any atom is 0.251 e. The van der Waals surface area contributed by atoms with Gasteiger partial charge in [0.05, 0.1) is 6.54 Å². The Bertz CT molecular complexity index is 969. The molecule has 0 fully saturated rings. The monoisotopic (exact) mass is 521 g/mol. The van der Waals surface area contributed by atoms with E-state index < -0.39 is 0 Å². The van der Waals surface area contributed by atoms with Gasteiger partial charge in [-0.05, 0) is 36.2 Å². The smallest absolute Gasteiger partial charge is 0.251 e. The first kappa shape index (κ1) is 23.6. The third-order valence-corrected chi connectivity index (χ3v) is 4.51. The number of fused-ring (bicyclic) bond motifs is 1. The number of carbonyl (C=O) groups excluding carboxylic acids is 1. The summed E-state index contributed by atoms with van der Waals surface area (Å²) in [6.45, 7) is 3.91. The second-order valence-corrected chi connectivity index (χ2v) is 6.63. The summed E-state index contributed by atoms with van der Waals surface area (Å²) < 4.78 is 1.94. The summed E-state index contributed by atoms with van der Waals surface area (Å²) >= 11 is 0. The van der Waals surface area contributed by atoms with Crippen LogP contribution in [0, 0.1) is 0 Å². The van der Waals surface area contributed by atoms with Gasteiger partial charge in [0.15, 0.2) is 17.4 Å². The van der Waals surface area contributed by atoms with Crippen LogP contribution in [0.25, 0.3) is 5.65 Å². The third kappa shape index (κ3) is 6.41. The number of amides is 1. The summed E-state index contributed by atoms with van der Waals surface area (Å²) in [6, 6.07) is 13.4. The number of benzene rings is 1. The Hall–Kier alpha value is -2.69. The second kappa shape index (κ2) is 12.1. The zero-order valence-electron chi connectivity index (χ0n) is 17.3. The number of guanidine groups is 1. The number of nitrogens with zero attached hydrogens (tertiary/aromatic N) is 4. The average molecular weight is 521 g/mol. The number of nitrogens with one attached hydrogen (secondary N) is 3.